The summed E-state index contributed by atoms with van der Waals surface area (Å²) in [6, 6.07) is 0. The van der Waals surface area contributed by atoms with E-state index in [9.17, 15) is 8.42 Å². The standard InChI is InChI=1S/C11H23NO4S/c1-3-17(14,15)6-4-5-12-7-10(2)16-11(8-12)9-13/h10-11,13H,3-9H2,1-2H3. The van der Waals surface area contributed by atoms with Gasteiger partial charge < -0.3 is 9.84 Å². The zero-order valence-electron chi connectivity index (χ0n) is 10.6. The van der Waals surface area contributed by atoms with Crippen LogP contribution in [0.25, 0.3) is 0 Å². The molecule has 102 valence electrons. The molecule has 17 heavy (non-hydrogen) atoms. The SMILES string of the molecule is CCS(=O)(=O)CCCN1CC(C)OC(CO)C1. The van der Waals surface area contributed by atoms with Crippen molar-refractivity contribution in [2.45, 2.75) is 32.5 Å². The smallest absolute Gasteiger partial charge is 0.150 e. The van der Waals surface area contributed by atoms with Crippen molar-refractivity contribution >= 4 is 9.84 Å². The molecule has 0 saturated carbocycles. The van der Waals surface area contributed by atoms with Crippen molar-refractivity contribution in [3.8, 4) is 0 Å². The van der Waals surface area contributed by atoms with Crippen molar-refractivity contribution in [1.82, 2.24) is 4.90 Å². The van der Waals surface area contributed by atoms with Crippen molar-refractivity contribution < 1.29 is 18.3 Å². The summed E-state index contributed by atoms with van der Waals surface area (Å²) in [5, 5.41) is 9.07. The van der Waals surface area contributed by atoms with Crippen molar-refractivity contribution in [2.24, 2.45) is 0 Å². The highest BCUT2D eigenvalue weighted by Crippen LogP contribution is 2.11. The highest BCUT2D eigenvalue weighted by molar-refractivity contribution is 7.91. The predicted molar refractivity (Wildman–Crippen MR) is 66.8 cm³/mol. The molecular weight excluding hydrogens is 242 g/mol. The summed E-state index contributed by atoms with van der Waals surface area (Å²) in [5.41, 5.74) is 0. The van der Waals surface area contributed by atoms with Crippen LogP contribution in [0.2, 0.25) is 0 Å². The molecule has 1 saturated heterocycles. The molecule has 2 unspecified atom stereocenters. The van der Waals surface area contributed by atoms with Crippen molar-refractivity contribution in [3.63, 3.8) is 0 Å². The van der Waals surface area contributed by atoms with E-state index in [1.807, 2.05) is 6.92 Å². The van der Waals surface area contributed by atoms with Gasteiger partial charge in [0.05, 0.1) is 24.6 Å². The summed E-state index contributed by atoms with van der Waals surface area (Å²) in [7, 11) is -2.86. The van der Waals surface area contributed by atoms with E-state index in [0.717, 1.165) is 13.1 Å². The Morgan fingerprint density at radius 3 is 2.71 bits per heavy atom. The Morgan fingerprint density at radius 2 is 2.12 bits per heavy atom. The number of rotatable bonds is 6. The van der Waals surface area contributed by atoms with Crippen LogP contribution < -0.4 is 0 Å². The topological polar surface area (TPSA) is 66.8 Å². The number of hydrogen-bond donors (Lipinski definition) is 1. The highest BCUT2D eigenvalue weighted by atomic mass is 32.2. The molecule has 6 heteroatoms. The molecule has 0 bridgehead atoms. The molecule has 0 aliphatic carbocycles. The van der Waals surface area contributed by atoms with Gasteiger partial charge in [0, 0.05) is 18.8 Å². The first-order chi connectivity index (χ1) is 7.96. The van der Waals surface area contributed by atoms with Crippen LogP contribution in [0.15, 0.2) is 0 Å². The van der Waals surface area contributed by atoms with Crippen molar-refractivity contribution in [2.75, 3.05) is 37.7 Å². The number of hydrogen-bond acceptors (Lipinski definition) is 5. The zero-order valence-corrected chi connectivity index (χ0v) is 11.4. The van der Waals surface area contributed by atoms with Gasteiger partial charge in [0.1, 0.15) is 9.84 Å². The predicted octanol–water partition coefficient (Wildman–Crippen LogP) is -0.107. The van der Waals surface area contributed by atoms with Gasteiger partial charge in [-0.3, -0.25) is 4.90 Å². The van der Waals surface area contributed by atoms with Crippen LogP contribution >= 0.6 is 0 Å². The van der Waals surface area contributed by atoms with E-state index in [4.69, 9.17) is 9.84 Å². The Hall–Kier alpha value is -0.170. The molecule has 0 radical (unpaired) electrons. The highest BCUT2D eigenvalue weighted by Gasteiger charge is 2.24. The monoisotopic (exact) mass is 265 g/mol. The van der Waals surface area contributed by atoms with Crippen LogP contribution in [0, 0.1) is 0 Å². The summed E-state index contributed by atoms with van der Waals surface area (Å²) in [4.78, 5) is 2.17. The second-order valence-electron chi connectivity index (χ2n) is 4.60. The van der Waals surface area contributed by atoms with Crippen LogP contribution in [0.4, 0.5) is 0 Å². The molecule has 5 nitrogen and oxygen atoms in total. The fourth-order valence-electron chi connectivity index (χ4n) is 2.08. The van der Waals surface area contributed by atoms with E-state index in [1.54, 1.807) is 6.92 Å². The third-order valence-corrected chi connectivity index (χ3v) is 4.77. The number of ether oxygens (including phenoxy) is 1. The maximum absolute atomic E-state index is 11.3. The van der Waals surface area contributed by atoms with Crippen LogP contribution in [0.5, 0.6) is 0 Å². The van der Waals surface area contributed by atoms with E-state index in [1.165, 1.54) is 0 Å². The van der Waals surface area contributed by atoms with Gasteiger partial charge in [-0.15, -0.1) is 0 Å². The average Bonchev–Trinajstić information content (AvgIpc) is 2.28. The van der Waals surface area contributed by atoms with E-state index in [2.05, 4.69) is 4.90 Å². The average molecular weight is 265 g/mol. The number of aliphatic hydroxyl groups is 1. The first-order valence-corrected chi connectivity index (χ1v) is 7.98. The molecule has 0 amide bonds. The molecule has 1 rings (SSSR count). The van der Waals surface area contributed by atoms with Gasteiger partial charge in [-0.05, 0) is 19.9 Å². The largest absolute Gasteiger partial charge is 0.394 e. The number of aliphatic hydroxyl groups excluding tert-OH is 1. The minimum Gasteiger partial charge on any atom is -0.394 e. The number of morpholine rings is 1. The Labute approximate surface area is 104 Å². The van der Waals surface area contributed by atoms with Gasteiger partial charge in [0.15, 0.2) is 0 Å². The second-order valence-corrected chi connectivity index (χ2v) is 7.07. The fraction of sp³-hybridized carbons (Fsp3) is 1.00. The van der Waals surface area contributed by atoms with E-state index in [0.29, 0.717) is 13.0 Å². The molecule has 1 aliphatic heterocycles. The van der Waals surface area contributed by atoms with Gasteiger partial charge in [-0.2, -0.15) is 0 Å². The molecule has 1 N–H and O–H groups in total. The fourth-order valence-corrected chi connectivity index (χ4v) is 2.93. The Balaban J connectivity index is 2.31. The third kappa shape index (κ3) is 5.33. The molecule has 0 aromatic carbocycles. The summed E-state index contributed by atoms with van der Waals surface area (Å²) in [6.45, 7) is 5.92. The summed E-state index contributed by atoms with van der Waals surface area (Å²) in [5.74, 6) is 0.463. The Morgan fingerprint density at radius 1 is 1.41 bits per heavy atom. The normalized spacial score (nSPS) is 27.2. The van der Waals surface area contributed by atoms with Gasteiger partial charge in [0.2, 0.25) is 0 Å². The first-order valence-electron chi connectivity index (χ1n) is 6.16. The van der Waals surface area contributed by atoms with E-state index < -0.39 is 9.84 Å². The molecule has 1 fully saturated rings. The van der Waals surface area contributed by atoms with Gasteiger partial charge in [-0.25, -0.2) is 8.42 Å². The Bertz CT molecular complexity index is 317. The Kier molecular flexibility index (Phi) is 5.85. The quantitative estimate of drug-likeness (QED) is 0.726. The molecular formula is C11H23NO4S. The van der Waals surface area contributed by atoms with Gasteiger partial charge in [0.25, 0.3) is 0 Å². The molecule has 0 aromatic heterocycles. The van der Waals surface area contributed by atoms with Gasteiger partial charge >= 0.3 is 0 Å². The lowest BCUT2D eigenvalue weighted by molar-refractivity contribution is -0.0948. The third-order valence-electron chi connectivity index (χ3n) is 2.98. The lowest BCUT2D eigenvalue weighted by atomic mass is 10.2. The number of sulfone groups is 1. The van der Waals surface area contributed by atoms with Crippen LogP contribution in [-0.2, 0) is 14.6 Å². The minimum absolute atomic E-state index is 0.0219. The molecule has 0 spiro atoms. The van der Waals surface area contributed by atoms with E-state index in [-0.39, 0.29) is 30.3 Å². The maximum atomic E-state index is 11.3. The molecule has 1 heterocycles. The van der Waals surface area contributed by atoms with Crippen LogP contribution in [-0.4, -0.2) is 68.4 Å². The molecule has 1 aliphatic rings. The maximum Gasteiger partial charge on any atom is 0.150 e. The van der Waals surface area contributed by atoms with E-state index >= 15 is 0 Å². The molecule has 0 aromatic rings. The summed E-state index contributed by atoms with van der Waals surface area (Å²) >= 11 is 0. The summed E-state index contributed by atoms with van der Waals surface area (Å²) < 4.78 is 28.2. The van der Waals surface area contributed by atoms with Crippen molar-refractivity contribution in [3.05, 3.63) is 0 Å². The lowest BCUT2D eigenvalue weighted by Crippen LogP contribution is -2.48. The zero-order chi connectivity index (χ0) is 12.9. The second kappa shape index (κ2) is 6.68. The van der Waals surface area contributed by atoms with Crippen LogP contribution in [0.1, 0.15) is 20.3 Å². The minimum atomic E-state index is -2.86. The van der Waals surface area contributed by atoms with Gasteiger partial charge in [-0.1, -0.05) is 6.92 Å². The summed E-state index contributed by atoms with van der Waals surface area (Å²) in [6.07, 6.45) is 0.617. The lowest BCUT2D eigenvalue weighted by Gasteiger charge is -2.36. The van der Waals surface area contributed by atoms with Crippen LogP contribution in [0.3, 0.4) is 0 Å². The number of nitrogens with zero attached hydrogens (tertiary/aromatic N) is 1. The molecule has 2 atom stereocenters. The van der Waals surface area contributed by atoms with Crippen molar-refractivity contribution in [1.29, 1.82) is 0 Å². The first kappa shape index (κ1) is 14.9.